The number of ether oxygens (including phenoxy) is 1. The highest BCUT2D eigenvalue weighted by Crippen LogP contribution is 2.34. The number of pyridine rings is 1. The topological polar surface area (TPSA) is 119 Å². The first-order chi connectivity index (χ1) is 14.3. The Morgan fingerprint density at radius 3 is 2.60 bits per heavy atom. The van der Waals surface area contributed by atoms with E-state index in [1.54, 1.807) is 6.07 Å². The molecule has 0 aliphatic rings. The molecule has 4 N–H and O–H groups in total. The highest BCUT2D eigenvalue weighted by atomic mass is 35.5. The average molecular weight is 432 g/mol. The Balaban J connectivity index is 1.87. The number of aryl methyl sites for hydroxylation is 2. The summed E-state index contributed by atoms with van der Waals surface area (Å²) in [7, 11) is 0. The van der Waals surface area contributed by atoms with Crippen molar-refractivity contribution in [3.63, 3.8) is 0 Å². The maximum absolute atomic E-state index is 9.04. The smallest absolute Gasteiger partial charge is 0.258 e. The van der Waals surface area contributed by atoms with E-state index in [2.05, 4.69) is 20.4 Å². The number of benzene rings is 1. The van der Waals surface area contributed by atoms with Crippen LogP contribution in [-0.2, 0) is 0 Å². The van der Waals surface area contributed by atoms with Crippen LogP contribution in [0.5, 0.6) is 5.75 Å². The van der Waals surface area contributed by atoms with Gasteiger partial charge in [-0.2, -0.15) is 4.98 Å². The molecule has 0 spiro atoms. The molecule has 2 heterocycles. The van der Waals surface area contributed by atoms with Gasteiger partial charge in [0.2, 0.25) is 5.82 Å². The van der Waals surface area contributed by atoms with Crippen molar-refractivity contribution in [3.05, 3.63) is 40.5 Å². The average Bonchev–Trinajstić information content (AvgIpc) is 3.16. The van der Waals surface area contributed by atoms with Gasteiger partial charge in [0.1, 0.15) is 18.2 Å². The van der Waals surface area contributed by atoms with E-state index in [1.807, 2.05) is 45.9 Å². The summed E-state index contributed by atoms with van der Waals surface area (Å²) >= 11 is 6.39. The molecule has 1 aromatic carbocycles. The van der Waals surface area contributed by atoms with Crippen molar-refractivity contribution in [1.82, 2.24) is 15.1 Å². The van der Waals surface area contributed by atoms with Crippen molar-refractivity contribution in [2.75, 3.05) is 18.5 Å². The van der Waals surface area contributed by atoms with Gasteiger partial charge in [0, 0.05) is 22.9 Å². The highest BCUT2D eigenvalue weighted by molar-refractivity contribution is 6.32. The maximum Gasteiger partial charge on any atom is 0.258 e. The molecule has 0 fully saturated rings. The highest BCUT2D eigenvalue weighted by Gasteiger charge is 2.16. The molecule has 0 aliphatic carbocycles. The van der Waals surface area contributed by atoms with Crippen LogP contribution in [0.25, 0.3) is 22.8 Å². The minimum absolute atomic E-state index is 0.163. The normalized spacial score (nSPS) is 12.3. The molecule has 9 heteroatoms. The Morgan fingerprint density at radius 1 is 1.17 bits per heavy atom. The van der Waals surface area contributed by atoms with E-state index >= 15 is 0 Å². The monoisotopic (exact) mass is 431 g/mol. The quantitative estimate of drug-likeness (QED) is 0.495. The van der Waals surface area contributed by atoms with Gasteiger partial charge in [0.05, 0.1) is 17.7 Å². The van der Waals surface area contributed by atoms with Crippen LogP contribution in [0.1, 0.15) is 25.1 Å². The number of hydrogen-bond acceptors (Lipinski definition) is 8. The van der Waals surface area contributed by atoms with Crippen LogP contribution in [0.3, 0.4) is 0 Å². The molecule has 0 saturated carbocycles. The van der Waals surface area contributed by atoms with Crippen molar-refractivity contribution < 1.29 is 14.4 Å². The minimum atomic E-state index is -0.473. The first-order valence-corrected chi connectivity index (χ1v) is 10.0. The molecule has 0 amide bonds. The lowest BCUT2D eigenvalue weighted by Crippen LogP contribution is -2.31. The van der Waals surface area contributed by atoms with Gasteiger partial charge in [-0.3, -0.25) is 0 Å². The molecule has 0 aliphatic heterocycles. The maximum atomic E-state index is 9.04. The van der Waals surface area contributed by atoms with Gasteiger partial charge in [0.25, 0.3) is 5.89 Å². The van der Waals surface area contributed by atoms with Gasteiger partial charge >= 0.3 is 0 Å². The Labute approximate surface area is 180 Å². The number of halogens is 1. The van der Waals surface area contributed by atoms with Crippen LogP contribution in [0.4, 0.5) is 5.82 Å². The lowest BCUT2D eigenvalue weighted by molar-refractivity contribution is 0.206. The Hall–Kier alpha value is -2.68. The minimum Gasteiger partial charge on any atom is -0.490 e. The molecule has 0 bridgehead atoms. The zero-order valence-corrected chi connectivity index (χ0v) is 18.2. The van der Waals surface area contributed by atoms with Crippen LogP contribution in [0.15, 0.2) is 28.8 Å². The molecule has 1 atom stereocenters. The molecule has 3 rings (SSSR count). The molecule has 0 radical (unpaired) electrons. The van der Waals surface area contributed by atoms with Crippen LogP contribution >= 0.6 is 11.6 Å². The fourth-order valence-corrected chi connectivity index (χ4v) is 3.23. The second kappa shape index (κ2) is 9.42. The number of hydrogen-bond donors (Lipinski definition) is 3. The standard InChI is InChI=1S/C21H26ClN5O3/c1-11(2)24-18-8-15(6-13(4)25-18)21-26-20(27-30-21)14-5-12(3)19(17(22)7-14)29-10-16(23)9-28/h5-8,11,16,28H,9-10,23H2,1-4H3,(H,24,25)/t16-/m1/s1. The molecule has 3 aromatic rings. The van der Waals surface area contributed by atoms with Crippen molar-refractivity contribution in [2.45, 2.75) is 39.8 Å². The first-order valence-electron chi connectivity index (χ1n) is 9.66. The summed E-state index contributed by atoms with van der Waals surface area (Å²) in [5, 5.41) is 16.8. The van der Waals surface area contributed by atoms with Gasteiger partial charge < -0.3 is 25.4 Å². The third-order valence-electron chi connectivity index (χ3n) is 4.23. The van der Waals surface area contributed by atoms with E-state index in [-0.39, 0.29) is 19.3 Å². The number of rotatable bonds is 8. The summed E-state index contributed by atoms with van der Waals surface area (Å²) in [5.74, 6) is 2.08. The van der Waals surface area contributed by atoms with Gasteiger partial charge in [-0.15, -0.1) is 0 Å². The molecule has 160 valence electrons. The summed E-state index contributed by atoms with van der Waals surface area (Å²) < 4.78 is 11.1. The number of nitrogens with zero attached hydrogens (tertiary/aromatic N) is 3. The van der Waals surface area contributed by atoms with E-state index in [1.165, 1.54) is 0 Å². The summed E-state index contributed by atoms with van der Waals surface area (Å²) in [4.78, 5) is 9.00. The summed E-state index contributed by atoms with van der Waals surface area (Å²) in [6.07, 6.45) is 0. The summed E-state index contributed by atoms with van der Waals surface area (Å²) in [5.41, 5.74) is 8.82. The van der Waals surface area contributed by atoms with Crippen LogP contribution in [0, 0.1) is 13.8 Å². The molecular weight excluding hydrogens is 406 g/mol. The van der Waals surface area contributed by atoms with Gasteiger partial charge in [-0.1, -0.05) is 16.8 Å². The number of aromatic nitrogens is 3. The predicted molar refractivity (Wildman–Crippen MR) is 117 cm³/mol. The number of aliphatic hydroxyl groups is 1. The Morgan fingerprint density at radius 2 is 1.93 bits per heavy atom. The van der Waals surface area contributed by atoms with Gasteiger partial charge in [-0.05, 0) is 57.5 Å². The molecule has 2 aromatic heterocycles. The molecule has 0 saturated heterocycles. The molecule has 8 nitrogen and oxygen atoms in total. The van der Waals surface area contributed by atoms with Crippen molar-refractivity contribution in [2.24, 2.45) is 5.73 Å². The van der Waals surface area contributed by atoms with Gasteiger partial charge in [-0.25, -0.2) is 4.98 Å². The second-order valence-corrected chi connectivity index (χ2v) is 7.87. The van der Waals surface area contributed by atoms with Crippen molar-refractivity contribution in [1.29, 1.82) is 0 Å². The molecule has 0 unspecified atom stereocenters. The zero-order chi connectivity index (χ0) is 21.8. The SMILES string of the molecule is Cc1cc(-c2nc(-c3cc(C)c(OC[C@H](N)CO)c(Cl)c3)no2)cc(NC(C)C)n1. The third-order valence-corrected chi connectivity index (χ3v) is 4.51. The Kier molecular flexibility index (Phi) is 6.91. The van der Waals surface area contributed by atoms with Crippen molar-refractivity contribution in [3.8, 4) is 28.6 Å². The number of anilines is 1. The van der Waals surface area contributed by atoms with Crippen molar-refractivity contribution >= 4 is 17.4 Å². The second-order valence-electron chi connectivity index (χ2n) is 7.46. The summed E-state index contributed by atoms with van der Waals surface area (Å²) in [6, 6.07) is 7.13. The third kappa shape index (κ3) is 5.27. The van der Waals surface area contributed by atoms with Crippen LogP contribution < -0.4 is 15.8 Å². The van der Waals surface area contributed by atoms with E-state index in [9.17, 15) is 0 Å². The first kappa shape index (κ1) is 22.0. The number of nitrogens with two attached hydrogens (primary N) is 1. The van der Waals surface area contributed by atoms with E-state index in [4.69, 9.17) is 31.7 Å². The number of aliphatic hydroxyl groups excluding tert-OH is 1. The lowest BCUT2D eigenvalue weighted by Gasteiger charge is -2.14. The van der Waals surface area contributed by atoms with E-state index < -0.39 is 6.04 Å². The molecular formula is C21H26ClN5O3. The predicted octanol–water partition coefficient (Wildman–Crippen LogP) is 3.59. The van der Waals surface area contributed by atoms with E-state index in [0.717, 1.165) is 22.6 Å². The Bertz CT molecular complexity index is 999. The number of nitrogens with one attached hydrogen (secondary N) is 1. The zero-order valence-electron chi connectivity index (χ0n) is 17.4. The van der Waals surface area contributed by atoms with Crippen LogP contribution in [-0.4, -0.2) is 45.5 Å². The lowest BCUT2D eigenvalue weighted by atomic mass is 10.1. The van der Waals surface area contributed by atoms with Gasteiger partial charge in [0.15, 0.2) is 0 Å². The van der Waals surface area contributed by atoms with Crippen LogP contribution in [0.2, 0.25) is 5.02 Å². The van der Waals surface area contributed by atoms with E-state index in [0.29, 0.717) is 28.1 Å². The molecule has 30 heavy (non-hydrogen) atoms. The largest absolute Gasteiger partial charge is 0.490 e. The fraction of sp³-hybridized carbons (Fsp3) is 0.381. The fourth-order valence-electron chi connectivity index (χ4n) is 2.91. The summed E-state index contributed by atoms with van der Waals surface area (Å²) in [6.45, 7) is 7.88.